The molecule has 0 amide bonds. The van der Waals surface area contributed by atoms with Gasteiger partial charge in [0.25, 0.3) is 5.56 Å². The van der Waals surface area contributed by atoms with Gasteiger partial charge in [-0.3, -0.25) is 4.79 Å². The molecule has 5 nitrogen and oxygen atoms in total. The van der Waals surface area contributed by atoms with Crippen molar-refractivity contribution >= 4 is 22.5 Å². The fourth-order valence-corrected chi connectivity index (χ4v) is 3.55. The maximum Gasteiger partial charge on any atom is 0.251 e. The van der Waals surface area contributed by atoms with E-state index in [1.54, 1.807) is 6.92 Å². The molecule has 25 heavy (non-hydrogen) atoms. The Morgan fingerprint density at radius 2 is 1.64 bits per heavy atom. The van der Waals surface area contributed by atoms with Gasteiger partial charge in [0.05, 0.1) is 0 Å². The van der Waals surface area contributed by atoms with E-state index >= 15 is 0 Å². The second kappa shape index (κ2) is 6.49. The molecule has 0 atom stereocenters. The summed E-state index contributed by atoms with van der Waals surface area (Å²) in [5.74, 6) is 0. The fraction of sp³-hybridized carbons (Fsp3) is 0.0526. The third-order valence-corrected chi connectivity index (χ3v) is 4.62. The van der Waals surface area contributed by atoms with Gasteiger partial charge in [0.2, 0.25) is 0 Å². The number of fused-ring (bicyclic) bond motifs is 1. The smallest absolute Gasteiger partial charge is 0.251 e. The van der Waals surface area contributed by atoms with Gasteiger partial charge >= 0.3 is 0 Å². The highest BCUT2D eigenvalue weighted by Crippen LogP contribution is 2.33. The summed E-state index contributed by atoms with van der Waals surface area (Å²) in [6.07, 6.45) is 0. The lowest BCUT2D eigenvalue weighted by Gasteiger charge is -2.09. The maximum atomic E-state index is 11.7. The van der Waals surface area contributed by atoms with Crippen LogP contribution in [0.4, 0.5) is 0 Å². The van der Waals surface area contributed by atoms with E-state index in [2.05, 4.69) is 20.2 Å². The van der Waals surface area contributed by atoms with Crippen molar-refractivity contribution in [3.05, 3.63) is 76.7 Å². The number of nitrogens with one attached hydrogen (secondary N) is 1. The second-order valence-corrected chi connectivity index (χ2v) is 6.54. The van der Waals surface area contributed by atoms with Crippen molar-refractivity contribution in [3.8, 4) is 11.3 Å². The minimum Gasteiger partial charge on any atom is -0.301 e. The molecule has 4 aromatic rings. The molecular formula is C19H14N4OS. The molecule has 0 fully saturated rings. The number of nitrogens with zero attached hydrogens (tertiary/aromatic N) is 3. The molecule has 2 aromatic carbocycles. The Kier molecular flexibility index (Phi) is 4.03. The standard InChI is InChI=1S/C19H14N4OS/c1-12-11-16(24)21-19(20-12)25-18-15-10-6-5-9-14(15)17(22-23-18)13-7-3-2-4-8-13/h2-11H,1H3,(H,20,21,24). The van der Waals surface area contributed by atoms with Crippen LogP contribution in [0.5, 0.6) is 0 Å². The summed E-state index contributed by atoms with van der Waals surface area (Å²) in [6.45, 7) is 1.79. The van der Waals surface area contributed by atoms with Crippen LogP contribution in [-0.2, 0) is 0 Å². The number of H-pyrrole nitrogens is 1. The molecule has 0 bridgehead atoms. The molecule has 122 valence electrons. The van der Waals surface area contributed by atoms with Crippen molar-refractivity contribution in [2.45, 2.75) is 17.1 Å². The number of hydrogen-bond acceptors (Lipinski definition) is 5. The fourth-order valence-electron chi connectivity index (χ4n) is 2.66. The first-order chi connectivity index (χ1) is 12.2. The molecule has 0 radical (unpaired) electrons. The van der Waals surface area contributed by atoms with Gasteiger partial charge in [0.1, 0.15) is 10.7 Å². The average molecular weight is 346 g/mol. The molecule has 0 saturated carbocycles. The van der Waals surface area contributed by atoms with Crippen LogP contribution in [0.15, 0.2) is 75.6 Å². The molecular weight excluding hydrogens is 332 g/mol. The Balaban J connectivity index is 1.85. The summed E-state index contributed by atoms with van der Waals surface area (Å²) in [7, 11) is 0. The van der Waals surface area contributed by atoms with E-state index in [1.807, 2.05) is 54.6 Å². The molecule has 0 unspecified atom stereocenters. The number of aromatic nitrogens is 4. The first-order valence-electron chi connectivity index (χ1n) is 7.77. The van der Waals surface area contributed by atoms with Crippen LogP contribution in [0.2, 0.25) is 0 Å². The molecule has 2 aromatic heterocycles. The molecule has 1 N–H and O–H groups in total. The minimum absolute atomic E-state index is 0.173. The van der Waals surface area contributed by atoms with Crippen molar-refractivity contribution < 1.29 is 0 Å². The second-order valence-electron chi connectivity index (χ2n) is 5.56. The number of aromatic amines is 1. The van der Waals surface area contributed by atoms with Gasteiger partial charge in [-0.25, -0.2) is 4.98 Å². The molecule has 2 heterocycles. The Labute approximate surface area is 148 Å². The number of rotatable bonds is 3. The van der Waals surface area contributed by atoms with Gasteiger partial charge in [0.15, 0.2) is 5.16 Å². The zero-order valence-electron chi connectivity index (χ0n) is 13.4. The van der Waals surface area contributed by atoms with Crippen LogP contribution in [0, 0.1) is 6.92 Å². The topological polar surface area (TPSA) is 71.5 Å². The lowest BCUT2D eigenvalue weighted by atomic mass is 10.1. The predicted molar refractivity (Wildman–Crippen MR) is 98.7 cm³/mol. The van der Waals surface area contributed by atoms with E-state index in [-0.39, 0.29) is 5.56 Å². The Morgan fingerprint density at radius 3 is 2.40 bits per heavy atom. The quantitative estimate of drug-likeness (QED) is 0.571. The lowest BCUT2D eigenvalue weighted by molar-refractivity contribution is 0.894. The number of hydrogen-bond donors (Lipinski definition) is 1. The summed E-state index contributed by atoms with van der Waals surface area (Å²) in [6, 6.07) is 19.4. The summed E-state index contributed by atoms with van der Waals surface area (Å²) in [5, 5.41) is 12.0. The van der Waals surface area contributed by atoms with Crippen molar-refractivity contribution in [1.82, 2.24) is 20.2 Å². The van der Waals surface area contributed by atoms with E-state index in [4.69, 9.17) is 0 Å². The van der Waals surface area contributed by atoms with E-state index in [0.717, 1.165) is 22.0 Å². The van der Waals surface area contributed by atoms with Gasteiger partial charge in [0, 0.05) is 28.1 Å². The zero-order chi connectivity index (χ0) is 17.2. The van der Waals surface area contributed by atoms with Crippen LogP contribution in [-0.4, -0.2) is 20.2 Å². The van der Waals surface area contributed by atoms with Crippen LogP contribution < -0.4 is 5.56 Å². The summed E-state index contributed by atoms with van der Waals surface area (Å²) in [4.78, 5) is 18.8. The lowest BCUT2D eigenvalue weighted by Crippen LogP contribution is -2.08. The van der Waals surface area contributed by atoms with E-state index in [0.29, 0.717) is 15.9 Å². The largest absolute Gasteiger partial charge is 0.301 e. The van der Waals surface area contributed by atoms with Crippen molar-refractivity contribution in [2.75, 3.05) is 0 Å². The third kappa shape index (κ3) is 3.16. The summed E-state index contributed by atoms with van der Waals surface area (Å²) < 4.78 is 0. The third-order valence-electron chi connectivity index (χ3n) is 3.74. The van der Waals surface area contributed by atoms with Gasteiger partial charge in [-0.2, -0.15) is 0 Å². The highest BCUT2D eigenvalue weighted by molar-refractivity contribution is 7.99. The highest BCUT2D eigenvalue weighted by atomic mass is 32.2. The van der Waals surface area contributed by atoms with Crippen molar-refractivity contribution in [2.24, 2.45) is 0 Å². The van der Waals surface area contributed by atoms with E-state index < -0.39 is 0 Å². The molecule has 0 spiro atoms. The highest BCUT2D eigenvalue weighted by Gasteiger charge is 2.12. The van der Waals surface area contributed by atoms with Crippen LogP contribution in [0.25, 0.3) is 22.0 Å². The number of benzene rings is 2. The first kappa shape index (κ1) is 15.5. The molecule has 0 aliphatic carbocycles. The normalized spacial score (nSPS) is 10.9. The summed E-state index contributed by atoms with van der Waals surface area (Å²) >= 11 is 1.31. The first-order valence-corrected chi connectivity index (χ1v) is 8.59. The van der Waals surface area contributed by atoms with Gasteiger partial charge < -0.3 is 4.98 Å². The van der Waals surface area contributed by atoms with Gasteiger partial charge in [-0.05, 0) is 18.7 Å². The SMILES string of the molecule is Cc1cc(=O)[nH]c(Sc2nnc(-c3ccccc3)c3ccccc23)n1. The summed E-state index contributed by atoms with van der Waals surface area (Å²) in [5.41, 5.74) is 2.36. The molecule has 6 heteroatoms. The Morgan fingerprint density at radius 1 is 0.920 bits per heavy atom. The van der Waals surface area contributed by atoms with Crippen LogP contribution >= 0.6 is 11.8 Å². The van der Waals surface area contributed by atoms with Crippen LogP contribution in [0.1, 0.15) is 5.69 Å². The van der Waals surface area contributed by atoms with Gasteiger partial charge in [-0.1, -0.05) is 54.6 Å². The van der Waals surface area contributed by atoms with Crippen LogP contribution in [0.3, 0.4) is 0 Å². The van der Waals surface area contributed by atoms with E-state index in [9.17, 15) is 4.79 Å². The Bertz CT molecular complexity index is 1110. The molecule has 0 aliphatic rings. The van der Waals surface area contributed by atoms with Gasteiger partial charge in [-0.15, -0.1) is 10.2 Å². The number of aryl methyl sites for hydroxylation is 1. The molecule has 4 rings (SSSR count). The molecule has 0 saturated heterocycles. The Hall–Kier alpha value is -2.99. The van der Waals surface area contributed by atoms with E-state index in [1.165, 1.54) is 17.8 Å². The average Bonchev–Trinajstić information content (AvgIpc) is 2.62. The predicted octanol–water partition coefficient (Wildman–Crippen LogP) is 3.84. The zero-order valence-corrected chi connectivity index (χ0v) is 14.2. The maximum absolute atomic E-state index is 11.7. The monoisotopic (exact) mass is 346 g/mol. The minimum atomic E-state index is -0.173. The molecule has 0 aliphatic heterocycles. The van der Waals surface area contributed by atoms with Crippen molar-refractivity contribution in [3.63, 3.8) is 0 Å². The van der Waals surface area contributed by atoms with Crippen molar-refractivity contribution in [1.29, 1.82) is 0 Å².